The molecular weight excluding hydrogens is 278 g/mol. The Kier molecular flexibility index (Phi) is 4.68. The molecule has 118 valence electrons. The Morgan fingerprint density at radius 2 is 2.09 bits per heavy atom. The van der Waals surface area contributed by atoms with Gasteiger partial charge in [0.15, 0.2) is 0 Å². The van der Waals surface area contributed by atoms with E-state index in [-0.39, 0.29) is 0 Å². The van der Waals surface area contributed by atoms with Crippen molar-refractivity contribution >= 4 is 0 Å². The molecule has 0 radical (unpaired) electrons. The van der Waals surface area contributed by atoms with Crippen LogP contribution in [0.25, 0.3) is 0 Å². The van der Waals surface area contributed by atoms with Crippen molar-refractivity contribution in [3.8, 4) is 5.75 Å². The lowest BCUT2D eigenvalue weighted by Crippen LogP contribution is -2.35. The maximum atomic E-state index is 5.90. The van der Waals surface area contributed by atoms with Gasteiger partial charge in [-0.1, -0.05) is 0 Å². The molecule has 1 aliphatic heterocycles. The summed E-state index contributed by atoms with van der Waals surface area (Å²) in [6, 6.07) is 3.92. The molecule has 6 nitrogen and oxygen atoms in total. The van der Waals surface area contributed by atoms with Gasteiger partial charge in [0.25, 0.3) is 0 Å². The van der Waals surface area contributed by atoms with E-state index in [4.69, 9.17) is 4.74 Å². The Labute approximate surface area is 131 Å². The molecule has 1 fully saturated rings. The van der Waals surface area contributed by atoms with Crippen LogP contribution < -0.4 is 4.74 Å². The summed E-state index contributed by atoms with van der Waals surface area (Å²) in [4.78, 5) is 10.9. The zero-order valence-corrected chi connectivity index (χ0v) is 13.3. The van der Waals surface area contributed by atoms with Crippen molar-refractivity contribution in [3.05, 3.63) is 36.2 Å². The van der Waals surface area contributed by atoms with Gasteiger partial charge in [-0.3, -0.25) is 14.6 Å². The molecule has 1 aliphatic rings. The second-order valence-corrected chi connectivity index (χ2v) is 5.96. The fraction of sp³-hybridized carbons (Fsp3) is 0.562. The van der Waals surface area contributed by atoms with Crippen LogP contribution in [0.4, 0.5) is 0 Å². The van der Waals surface area contributed by atoms with Gasteiger partial charge in [-0.2, -0.15) is 5.10 Å². The number of ether oxygens (including phenoxy) is 1. The van der Waals surface area contributed by atoms with Gasteiger partial charge >= 0.3 is 0 Å². The summed E-state index contributed by atoms with van der Waals surface area (Å²) in [7, 11) is 1.94. The van der Waals surface area contributed by atoms with E-state index in [2.05, 4.69) is 20.0 Å². The fourth-order valence-electron chi connectivity index (χ4n) is 2.80. The van der Waals surface area contributed by atoms with Crippen molar-refractivity contribution in [1.82, 2.24) is 24.6 Å². The standard InChI is InChI=1S/C16H23N5O/c1-13-9-15(3-6-17-13)22-11-14-4-7-21(8-5-14)10-16-18-12-19-20(16)2/h3,6,9,12,14H,4-5,7-8,10-11H2,1-2H3. The summed E-state index contributed by atoms with van der Waals surface area (Å²) >= 11 is 0. The normalized spacial score (nSPS) is 16.8. The van der Waals surface area contributed by atoms with Crippen LogP contribution in [-0.2, 0) is 13.6 Å². The number of hydrogen-bond donors (Lipinski definition) is 0. The van der Waals surface area contributed by atoms with E-state index in [9.17, 15) is 0 Å². The monoisotopic (exact) mass is 301 g/mol. The molecule has 0 N–H and O–H groups in total. The minimum atomic E-state index is 0.629. The van der Waals surface area contributed by atoms with Crippen molar-refractivity contribution in [1.29, 1.82) is 0 Å². The fourth-order valence-corrected chi connectivity index (χ4v) is 2.80. The molecule has 2 aromatic heterocycles. The van der Waals surface area contributed by atoms with Gasteiger partial charge in [-0.05, 0) is 44.8 Å². The number of pyridine rings is 1. The number of aromatic nitrogens is 4. The van der Waals surface area contributed by atoms with Gasteiger partial charge < -0.3 is 4.74 Å². The van der Waals surface area contributed by atoms with Crippen LogP contribution in [0.2, 0.25) is 0 Å². The molecule has 0 bridgehead atoms. The van der Waals surface area contributed by atoms with Crippen LogP contribution >= 0.6 is 0 Å². The predicted octanol–water partition coefficient (Wildman–Crippen LogP) is 1.81. The molecule has 0 unspecified atom stereocenters. The first-order chi connectivity index (χ1) is 10.7. The number of likely N-dealkylation sites (tertiary alicyclic amines) is 1. The average Bonchev–Trinajstić information content (AvgIpc) is 2.92. The maximum Gasteiger partial charge on any atom is 0.140 e. The number of piperidine rings is 1. The molecule has 0 amide bonds. The molecule has 0 aliphatic carbocycles. The van der Waals surface area contributed by atoms with Crippen LogP contribution in [0.5, 0.6) is 5.75 Å². The van der Waals surface area contributed by atoms with E-state index in [1.165, 1.54) is 12.8 Å². The summed E-state index contributed by atoms with van der Waals surface area (Å²) in [5.41, 5.74) is 0.996. The van der Waals surface area contributed by atoms with E-state index in [0.717, 1.165) is 43.5 Å². The highest BCUT2D eigenvalue weighted by Crippen LogP contribution is 2.20. The first kappa shape index (κ1) is 15.0. The van der Waals surface area contributed by atoms with Gasteiger partial charge in [0.05, 0.1) is 13.2 Å². The number of hydrogen-bond acceptors (Lipinski definition) is 5. The first-order valence-electron chi connectivity index (χ1n) is 7.81. The van der Waals surface area contributed by atoms with Crippen LogP contribution in [0.3, 0.4) is 0 Å². The lowest BCUT2D eigenvalue weighted by atomic mass is 9.98. The van der Waals surface area contributed by atoms with Gasteiger partial charge in [0, 0.05) is 25.0 Å². The Bertz CT molecular complexity index is 604. The molecule has 3 rings (SSSR count). The summed E-state index contributed by atoms with van der Waals surface area (Å²) in [6.45, 7) is 5.85. The van der Waals surface area contributed by atoms with E-state index in [0.29, 0.717) is 5.92 Å². The second kappa shape index (κ2) is 6.87. The minimum Gasteiger partial charge on any atom is -0.493 e. The number of rotatable bonds is 5. The van der Waals surface area contributed by atoms with Crippen molar-refractivity contribution in [2.75, 3.05) is 19.7 Å². The molecule has 0 atom stereocenters. The smallest absolute Gasteiger partial charge is 0.140 e. The van der Waals surface area contributed by atoms with Crippen molar-refractivity contribution in [3.63, 3.8) is 0 Å². The van der Waals surface area contributed by atoms with Crippen LogP contribution in [0.15, 0.2) is 24.7 Å². The van der Waals surface area contributed by atoms with Crippen molar-refractivity contribution < 1.29 is 4.74 Å². The zero-order valence-electron chi connectivity index (χ0n) is 13.3. The molecule has 6 heteroatoms. The van der Waals surface area contributed by atoms with Crippen LogP contribution in [0, 0.1) is 12.8 Å². The molecule has 1 saturated heterocycles. The Hall–Kier alpha value is -1.95. The molecule has 22 heavy (non-hydrogen) atoms. The third-order valence-corrected chi connectivity index (χ3v) is 4.23. The topological polar surface area (TPSA) is 56.1 Å². The van der Waals surface area contributed by atoms with Gasteiger partial charge in [-0.15, -0.1) is 0 Å². The zero-order chi connectivity index (χ0) is 15.4. The van der Waals surface area contributed by atoms with Gasteiger partial charge in [-0.25, -0.2) is 4.98 Å². The lowest BCUT2D eigenvalue weighted by molar-refractivity contribution is 0.133. The van der Waals surface area contributed by atoms with E-state index >= 15 is 0 Å². The summed E-state index contributed by atoms with van der Waals surface area (Å²) in [6.07, 6.45) is 5.75. The van der Waals surface area contributed by atoms with Gasteiger partial charge in [0.1, 0.15) is 17.9 Å². The maximum absolute atomic E-state index is 5.90. The highest BCUT2D eigenvalue weighted by atomic mass is 16.5. The van der Waals surface area contributed by atoms with Gasteiger partial charge in [0.2, 0.25) is 0 Å². The van der Waals surface area contributed by atoms with Crippen molar-refractivity contribution in [2.45, 2.75) is 26.3 Å². The number of aryl methyl sites for hydroxylation is 2. The Balaban J connectivity index is 1.43. The third kappa shape index (κ3) is 3.82. The quantitative estimate of drug-likeness (QED) is 0.843. The largest absolute Gasteiger partial charge is 0.493 e. The highest BCUT2D eigenvalue weighted by Gasteiger charge is 2.20. The minimum absolute atomic E-state index is 0.629. The van der Waals surface area contributed by atoms with E-state index < -0.39 is 0 Å². The molecule has 0 saturated carbocycles. The van der Waals surface area contributed by atoms with Crippen LogP contribution in [0.1, 0.15) is 24.4 Å². The summed E-state index contributed by atoms with van der Waals surface area (Å²) < 4.78 is 7.75. The Morgan fingerprint density at radius 1 is 1.27 bits per heavy atom. The molecule has 2 aromatic rings. The molecular formula is C16H23N5O. The highest BCUT2D eigenvalue weighted by molar-refractivity contribution is 5.21. The SMILES string of the molecule is Cc1cc(OCC2CCN(Cc3ncnn3C)CC2)ccn1. The Morgan fingerprint density at radius 3 is 2.77 bits per heavy atom. The van der Waals surface area contributed by atoms with E-state index in [1.807, 2.05) is 30.8 Å². The third-order valence-electron chi connectivity index (χ3n) is 4.23. The number of nitrogens with zero attached hydrogens (tertiary/aromatic N) is 5. The average molecular weight is 301 g/mol. The first-order valence-corrected chi connectivity index (χ1v) is 7.81. The molecule has 0 spiro atoms. The second-order valence-electron chi connectivity index (χ2n) is 5.96. The van der Waals surface area contributed by atoms with E-state index in [1.54, 1.807) is 12.5 Å². The summed E-state index contributed by atoms with van der Waals surface area (Å²) in [5, 5.41) is 4.12. The van der Waals surface area contributed by atoms with Crippen LogP contribution in [-0.4, -0.2) is 44.3 Å². The molecule has 0 aromatic carbocycles. The summed E-state index contributed by atoms with van der Waals surface area (Å²) in [5.74, 6) is 2.58. The molecule has 3 heterocycles. The van der Waals surface area contributed by atoms with Crippen molar-refractivity contribution in [2.24, 2.45) is 13.0 Å². The predicted molar refractivity (Wildman–Crippen MR) is 83.5 cm³/mol. The lowest BCUT2D eigenvalue weighted by Gasteiger charge is -2.31.